The summed E-state index contributed by atoms with van der Waals surface area (Å²) in [6, 6.07) is 7.86. The smallest absolute Gasteiger partial charge is 0.309 e. The number of rotatable bonds is 11. The van der Waals surface area contributed by atoms with E-state index in [0.717, 1.165) is 62.5 Å². The van der Waals surface area contributed by atoms with Gasteiger partial charge in [0.05, 0.1) is 11.8 Å². The van der Waals surface area contributed by atoms with Crippen LogP contribution in [0.15, 0.2) is 35.4 Å². The van der Waals surface area contributed by atoms with Crippen LogP contribution < -0.4 is 0 Å². The number of halogens is 1. The quantitative estimate of drug-likeness (QED) is 0.221. The van der Waals surface area contributed by atoms with Crippen molar-refractivity contribution in [1.82, 2.24) is 4.90 Å². The zero-order chi connectivity index (χ0) is 40.5. The average molecular weight is 780 g/mol. The Kier molecular flexibility index (Phi) is 11.4. The molecule has 1 aromatic carbocycles. The predicted octanol–water partition coefficient (Wildman–Crippen LogP) is 9.71. The highest BCUT2D eigenvalue weighted by Gasteiger charge is 2.67. The van der Waals surface area contributed by atoms with Crippen LogP contribution >= 0.6 is 11.6 Å². The molecule has 55 heavy (non-hydrogen) atoms. The Bertz CT molecular complexity index is 1710. The number of carbonyl (C=O) groups excluding carboxylic acids is 3. The second-order valence-corrected chi connectivity index (χ2v) is 20.8. The number of aliphatic carboxylic acids is 1. The van der Waals surface area contributed by atoms with Gasteiger partial charge in [-0.25, -0.2) is 0 Å². The summed E-state index contributed by atoms with van der Waals surface area (Å²) >= 11 is 6.18. The molecule has 4 fully saturated rings. The third-order valence-corrected chi connectivity index (χ3v) is 16.1. The molecule has 0 amide bonds. The topological polar surface area (TPSA) is 110 Å². The molecule has 1 aromatic rings. The van der Waals surface area contributed by atoms with Crippen molar-refractivity contribution in [2.24, 2.45) is 56.7 Å². The van der Waals surface area contributed by atoms with E-state index in [9.17, 15) is 24.3 Å². The third kappa shape index (κ3) is 7.34. The van der Waals surface area contributed by atoms with E-state index in [4.69, 9.17) is 21.1 Å². The van der Waals surface area contributed by atoms with Gasteiger partial charge in [-0.2, -0.15) is 0 Å². The van der Waals surface area contributed by atoms with Crippen molar-refractivity contribution in [3.63, 3.8) is 0 Å². The molecule has 0 heterocycles. The van der Waals surface area contributed by atoms with Gasteiger partial charge in [-0.05, 0) is 142 Å². The molecule has 5 aliphatic carbocycles. The standard InChI is InChI=1S/C46H66ClNO7/c1-27(2)39-34(50)23-46(37(54-28(3)49)26-48(10)25-29-11-13-30(47)14-12-29)22-21-44(8)31-17-18-35-43(6,7)36(55-38(51)24-42(4,5)41(52)53)19-20-45(35,9)32(31)15-16-33(44)40(39)46/h11-14,27,31-33,35-37H,15-26H2,1-10H3,(H,52,53)/t31-,32+,33-,35+,36+,37-,44+,45-,46+/m1/s1. The number of nitrogens with zero attached hydrogens (tertiary/aromatic N) is 1. The molecule has 9 atom stereocenters. The summed E-state index contributed by atoms with van der Waals surface area (Å²) in [5.41, 5.74) is 1.56. The lowest BCUT2D eigenvalue weighted by atomic mass is 9.37. The van der Waals surface area contributed by atoms with Crippen molar-refractivity contribution >= 4 is 35.3 Å². The highest BCUT2D eigenvalue weighted by atomic mass is 35.5. The zero-order valence-corrected chi connectivity index (χ0v) is 35.8. The Hall–Kier alpha value is -2.71. The minimum Gasteiger partial charge on any atom is -0.481 e. The maximum Gasteiger partial charge on any atom is 0.309 e. The molecule has 6 rings (SSSR count). The van der Waals surface area contributed by atoms with Crippen molar-refractivity contribution in [2.45, 2.75) is 145 Å². The van der Waals surface area contributed by atoms with Crippen molar-refractivity contribution in [3.8, 4) is 0 Å². The largest absolute Gasteiger partial charge is 0.481 e. The van der Waals surface area contributed by atoms with E-state index < -0.39 is 28.9 Å². The number of fused-ring (bicyclic) bond motifs is 7. The van der Waals surface area contributed by atoms with Crippen LogP contribution in [-0.4, -0.2) is 59.5 Å². The number of ketones is 1. The molecule has 0 unspecified atom stereocenters. The molecule has 4 saturated carbocycles. The molecule has 304 valence electrons. The first-order valence-electron chi connectivity index (χ1n) is 20.9. The average Bonchev–Trinajstić information content (AvgIpc) is 3.39. The summed E-state index contributed by atoms with van der Waals surface area (Å²) < 4.78 is 12.5. The van der Waals surface area contributed by atoms with Gasteiger partial charge in [-0.1, -0.05) is 65.3 Å². The second kappa shape index (κ2) is 14.9. The van der Waals surface area contributed by atoms with Crippen molar-refractivity contribution in [2.75, 3.05) is 13.6 Å². The van der Waals surface area contributed by atoms with Gasteiger partial charge >= 0.3 is 17.9 Å². The molecule has 0 radical (unpaired) electrons. The summed E-state index contributed by atoms with van der Waals surface area (Å²) in [7, 11) is 2.07. The van der Waals surface area contributed by atoms with Crippen LogP contribution in [0, 0.1) is 56.7 Å². The highest BCUT2D eigenvalue weighted by Crippen LogP contribution is 2.73. The molecule has 0 aromatic heterocycles. The Morgan fingerprint density at radius 2 is 1.58 bits per heavy atom. The fourth-order valence-corrected chi connectivity index (χ4v) is 13.3. The van der Waals surface area contributed by atoms with Crippen LogP contribution in [0.25, 0.3) is 0 Å². The first-order chi connectivity index (χ1) is 25.6. The van der Waals surface area contributed by atoms with Crippen LogP contribution in [0.3, 0.4) is 0 Å². The van der Waals surface area contributed by atoms with Gasteiger partial charge in [0.15, 0.2) is 5.78 Å². The number of Topliss-reactive ketones (excluding diaryl/α,β-unsaturated/α-hetero) is 1. The van der Waals surface area contributed by atoms with Crippen LogP contribution in [0.4, 0.5) is 0 Å². The number of esters is 2. The maximum absolute atomic E-state index is 14.3. The third-order valence-electron chi connectivity index (χ3n) is 15.8. The Labute approximate surface area is 334 Å². The van der Waals surface area contributed by atoms with Gasteiger partial charge < -0.3 is 14.6 Å². The fraction of sp³-hybridized carbons (Fsp3) is 0.739. The summed E-state index contributed by atoms with van der Waals surface area (Å²) in [5.74, 6) is 0.203. The van der Waals surface area contributed by atoms with E-state index in [1.54, 1.807) is 13.8 Å². The van der Waals surface area contributed by atoms with Gasteiger partial charge in [0, 0.05) is 42.3 Å². The van der Waals surface area contributed by atoms with Crippen LogP contribution in [0.5, 0.6) is 0 Å². The summed E-state index contributed by atoms with van der Waals surface area (Å²) in [6.07, 6.45) is 7.37. The number of hydrogen-bond donors (Lipinski definition) is 1. The van der Waals surface area contributed by atoms with E-state index in [1.807, 2.05) is 24.3 Å². The van der Waals surface area contributed by atoms with Gasteiger partial charge in [-0.15, -0.1) is 0 Å². The van der Waals surface area contributed by atoms with Crippen LogP contribution in [-0.2, 0) is 35.2 Å². The van der Waals surface area contributed by atoms with Crippen molar-refractivity contribution in [1.29, 1.82) is 0 Å². The summed E-state index contributed by atoms with van der Waals surface area (Å²) in [6.45, 7) is 19.7. The number of carboxylic acids is 1. The lowest BCUT2D eigenvalue weighted by molar-refractivity contribution is -0.206. The molecule has 8 nitrogen and oxygen atoms in total. The Balaban J connectivity index is 1.28. The Morgan fingerprint density at radius 3 is 2.20 bits per heavy atom. The SMILES string of the molecule is CC(=O)O[C@H](CN(C)Cc1ccc(Cl)cc1)[C@@]12CC[C@]3(C)[C@H](CC[C@H]4[C@H]3CC[C@H]3C(C)(C)[C@@H](OC(=O)CC(C)(C)C(=O)O)CC[C@]43C)C1=C(C(C)C)C(=O)C2. The van der Waals surface area contributed by atoms with E-state index in [1.165, 1.54) is 12.5 Å². The second-order valence-electron chi connectivity index (χ2n) is 20.3. The Morgan fingerprint density at radius 1 is 0.945 bits per heavy atom. The minimum absolute atomic E-state index is 0.00629. The van der Waals surface area contributed by atoms with Gasteiger partial charge in [0.1, 0.15) is 12.2 Å². The van der Waals surface area contributed by atoms with Crippen molar-refractivity contribution < 1.29 is 33.8 Å². The predicted molar refractivity (Wildman–Crippen MR) is 214 cm³/mol. The summed E-state index contributed by atoms with van der Waals surface area (Å²) in [5, 5.41) is 10.3. The molecule has 0 saturated heterocycles. The van der Waals surface area contributed by atoms with E-state index >= 15 is 0 Å². The number of allylic oxidation sites excluding steroid dienone is 1. The van der Waals surface area contributed by atoms with E-state index in [-0.39, 0.29) is 52.4 Å². The first kappa shape index (κ1) is 41.9. The number of benzene rings is 1. The monoisotopic (exact) mass is 779 g/mol. The molecular formula is C46H66ClNO7. The van der Waals surface area contributed by atoms with Crippen molar-refractivity contribution in [3.05, 3.63) is 46.0 Å². The number of carboxylic acid groups (broad SMARTS) is 1. The first-order valence-corrected chi connectivity index (χ1v) is 21.3. The maximum atomic E-state index is 14.3. The van der Waals surface area contributed by atoms with E-state index in [0.29, 0.717) is 42.3 Å². The lowest BCUT2D eigenvalue weighted by Crippen LogP contribution is -2.62. The van der Waals surface area contributed by atoms with Crippen LogP contribution in [0.2, 0.25) is 5.02 Å². The molecule has 1 N–H and O–H groups in total. The van der Waals surface area contributed by atoms with Gasteiger partial charge in [0.2, 0.25) is 0 Å². The number of likely N-dealkylation sites (N-methyl/N-ethyl adjacent to an activating group) is 1. The molecule has 0 spiro atoms. The molecule has 5 aliphatic rings. The summed E-state index contributed by atoms with van der Waals surface area (Å²) in [4.78, 5) is 54.2. The molecule has 9 heteroatoms. The minimum atomic E-state index is -1.17. The van der Waals surface area contributed by atoms with E-state index in [2.05, 4.69) is 53.5 Å². The lowest BCUT2D eigenvalue weighted by Gasteiger charge is -2.68. The molecular weight excluding hydrogens is 714 g/mol. The van der Waals surface area contributed by atoms with Gasteiger partial charge in [-0.3, -0.25) is 24.1 Å². The zero-order valence-electron chi connectivity index (χ0n) is 35.1. The molecule has 0 bridgehead atoms. The fourth-order valence-electron chi connectivity index (χ4n) is 13.2. The number of hydrogen-bond acceptors (Lipinski definition) is 7. The van der Waals surface area contributed by atoms with Crippen LogP contribution in [0.1, 0.15) is 132 Å². The number of carbonyl (C=O) groups is 4. The normalized spacial score (nSPS) is 34.7. The number of ether oxygens (including phenoxy) is 2. The highest BCUT2D eigenvalue weighted by molar-refractivity contribution is 6.30. The molecule has 0 aliphatic heterocycles. The van der Waals surface area contributed by atoms with Gasteiger partial charge in [0.25, 0.3) is 0 Å².